The molecule has 1 aromatic heterocycles. The van der Waals surface area contributed by atoms with E-state index in [1.54, 1.807) is 35.2 Å². The molecule has 0 atom stereocenters. The molecule has 0 saturated carbocycles. The minimum atomic E-state index is -0.420. The molecule has 170 valence electrons. The summed E-state index contributed by atoms with van der Waals surface area (Å²) >= 11 is 6.26. The summed E-state index contributed by atoms with van der Waals surface area (Å²) in [6.07, 6.45) is 4.56. The number of carbonyl (C=O) groups excluding carboxylic acids is 2. The predicted molar refractivity (Wildman–Crippen MR) is 137 cm³/mol. The number of hydrogen-bond acceptors (Lipinski definition) is 2. The van der Waals surface area contributed by atoms with Crippen molar-refractivity contribution in [3.63, 3.8) is 0 Å². The van der Waals surface area contributed by atoms with Gasteiger partial charge in [-0.25, -0.2) is 0 Å². The maximum Gasteiger partial charge on any atom is 0.274 e. The highest BCUT2D eigenvalue weighted by atomic mass is 35.5. The topological polar surface area (TPSA) is 54.3 Å². The van der Waals surface area contributed by atoms with Crippen molar-refractivity contribution in [3.05, 3.63) is 106 Å². The molecule has 34 heavy (non-hydrogen) atoms. The van der Waals surface area contributed by atoms with Crippen molar-refractivity contribution in [2.24, 2.45) is 0 Å². The average molecular weight is 470 g/mol. The minimum Gasteiger partial charge on any atom is -0.347 e. The lowest BCUT2D eigenvalue weighted by molar-refractivity contribution is -0.115. The number of para-hydroxylation sites is 2. The first kappa shape index (κ1) is 22.0. The summed E-state index contributed by atoms with van der Waals surface area (Å²) in [5, 5.41) is 4.21. The minimum absolute atomic E-state index is 0.209. The molecule has 2 heterocycles. The third-order valence-electron chi connectivity index (χ3n) is 6.19. The van der Waals surface area contributed by atoms with Gasteiger partial charge in [0.2, 0.25) is 0 Å². The monoisotopic (exact) mass is 469 g/mol. The van der Waals surface area contributed by atoms with Crippen LogP contribution in [-0.2, 0) is 17.8 Å². The molecule has 4 aromatic rings. The second-order valence-corrected chi connectivity index (χ2v) is 8.62. The number of hydrogen-bond donors (Lipinski definition) is 1. The van der Waals surface area contributed by atoms with E-state index in [4.69, 9.17) is 11.6 Å². The van der Waals surface area contributed by atoms with Crippen molar-refractivity contribution in [1.82, 2.24) is 9.88 Å². The molecule has 1 N–H and O–H groups in total. The zero-order chi connectivity index (χ0) is 23.7. The van der Waals surface area contributed by atoms with E-state index in [9.17, 15) is 9.59 Å². The maximum absolute atomic E-state index is 13.8. The largest absolute Gasteiger partial charge is 0.347 e. The Morgan fingerprint density at radius 3 is 2.56 bits per heavy atom. The first-order valence-electron chi connectivity index (χ1n) is 11.3. The molecule has 0 bridgehead atoms. The number of carbonyl (C=O) groups is 2. The van der Waals surface area contributed by atoms with Gasteiger partial charge < -0.3 is 14.8 Å². The van der Waals surface area contributed by atoms with Crippen molar-refractivity contribution in [1.29, 1.82) is 0 Å². The van der Waals surface area contributed by atoms with Crippen LogP contribution in [0.2, 0.25) is 5.02 Å². The maximum atomic E-state index is 13.8. The van der Waals surface area contributed by atoms with Gasteiger partial charge in [0.1, 0.15) is 5.70 Å². The first-order valence-corrected chi connectivity index (χ1v) is 11.7. The standard InChI is InChI=1S/C28H24ClN3O2/c1-2-31-18-20(21-10-5-8-14-26(21)31)17-24(30-27(33)22-11-4-6-12-23(22)29)28(34)32-16-15-19-9-3-7-13-25(19)32/h3-14,17-18H,2,15-16H2,1H3,(H,30,33)/b24-17-. The van der Waals surface area contributed by atoms with Gasteiger partial charge in [-0.05, 0) is 49.2 Å². The van der Waals surface area contributed by atoms with E-state index in [0.29, 0.717) is 17.1 Å². The fourth-order valence-corrected chi connectivity index (χ4v) is 4.71. The molecule has 1 aliphatic rings. The van der Waals surface area contributed by atoms with Gasteiger partial charge in [-0.2, -0.15) is 0 Å². The summed E-state index contributed by atoms with van der Waals surface area (Å²) in [5.74, 6) is -0.671. The smallest absolute Gasteiger partial charge is 0.274 e. The molecule has 0 aliphatic carbocycles. The summed E-state index contributed by atoms with van der Waals surface area (Å²) in [6, 6.07) is 22.7. The number of aromatic nitrogens is 1. The molecule has 1 aliphatic heterocycles. The Kier molecular flexibility index (Phi) is 5.95. The molecule has 0 unspecified atom stereocenters. The number of nitrogens with one attached hydrogen (secondary N) is 1. The summed E-state index contributed by atoms with van der Waals surface area (Å²) in [4.78, 5) is 28.7. The van der Waals surface area contributed by atoms with Gasteiger partial charge >= 0.3 is 0 Å². The average Bonchev–Trinajstić information content (AvgIpc) is 3.45. The molecular weight excluding hydrogens is 446 g/mol. The van der Waals surface area contributed by atoms with E-state index in [-0.39, 0.29) is 11.6 Å². The quantitative estimate of drug-likeness (QED) is 0.382. The molecule has 5 nitrogen and oxygen atoms in total. The number of nitrogens with zero attached hydrogens (tertiary/aromatic N) is 2. The SMILES string of the molecule is CCn1cc(/C=C(\NC(=O)c2ccccc2Cl)C(=O)N2CCc3ccccc32)c2ccccc21. The second-order valence-electron chi connectivity index (χ2n) is 8.22. The van der Waals surface area contributed by atoms with Crippen LogP contribution in [0.3, 0.4) is 0 Å². The second kappa shape index (κ2) is 9.20. The van der Waals surface area contributed by atoms with Crippen molar-refractivity contribution >= 4 is 46.1 Å². The van der Waals surface area contributed by atoms with Gasteiger partial charge in [0.15, 0.2) is 0 Å². The number of benzene rings is 3. The zero-order valence-electron chi connectivity index (χ0n) is 18.8. The van der Waals surface area contributed by atoms with Gasteiger partial charge in [0.25, 0.3) is 11.8 Å². The van der Waals surface area contributed by atoms with Crippen molar-refractivity contribution in [2.75, 3.05) is 11.4 Å². The predicted octanol–water partition coefficient (Wildman–Crippen LogP) is 5.67. The van der Waals surface area contributed by atoms with E-state index in [0.717, 1.165) is 40.7 Å². The van der Waals surface area contributed by atoms with Crippen LogP contribution in [0.5, 0.6) is 0 Å². The number of fused-ring (bicyclic) bond motifs is 2. The Labute approximate surface area is 203 Å². The molecule has 0 spiro atoms. The number of halogens is 1. The number of aryl methyl sites for hydroxylation is 1. The molecule has 3 aromatic carbocycles. The Morgan fingerprint density at radius 2 is 1.74 bits per heavy atom. The Hall–Kier alpha value is -3.83. The van der Waals surface area contributed by atoms with Crippen molar-refractivity contribution < 1.29 is 9.59 Å². The molecule has 0 fully saturated rings. The molecule has 2 amide bonds. The van der Waals surface area contributed by atoms with E-state index in [1.165, 1.54) is 0 Å². The van der Waals surface area contributed by atoms with Gasteiger partial charge in [-0.3, -0.25) is 9.59 Å². The van der Waals surface area contributed by atoms with Crippen LogP contribution in [0.25, 0.3) is 17.0 Å². The number of anilines is 1. The fraction of sp³-hybridized carbons (Fsp3) is 0.143. The van der Waals surface area contributed by atoms with Crippen LogP contribution >= 0.6 is 11.6 Å². The van der Waals surface area contributed by atoms with Crippen LogP contribution < -0.4 is 10.2 Å². The van der Waals surface area contributed by atoms with Crippen LogP contribution in [0.15, 0.2) is 84.7 Å². The summed E-state index contributed by atoms with van der Waals surface area (Å²) in [7, 11) is 0. The van der Waals surface area contributed by atoms with Gasteiger partial charge in [0, 0.05) is 41.4 Å². The molecule has 0 radical (unpaired) electrons. The normalized spacial score (nSPS) is 13.2. The van der Waals surface area contributed by atoms with Crippen LogP contribution in [-0.4, -0.2) is 22.9 Å². The van der Waals surface area contributed by atoms with Gasteiger partial charge in [-0.15, -0.1) is 0 Å². The van der Waals surface area contributed by atoms with Crippen molar-refractivity contribution in [2.45, 2.75) is 19.9 Å². The first-order chi connectivity index (χ1) is 16.6. The Balaban J connectivity index is 1.59. The lowest BCUT2D eigenvalue weighted by atomic mass is 10.1. The summed E-state index contributed by atoms with van der Waals surface area (Å²) in [5.41, 5.74) is 4.47. The van der Waals surface area contributed by atoms with Gasteiger partial charge in [0.05, 0.1) is 10.6 Å². The van der Waals surface area contributed by atoms with E-state index in [2.05, 4.69) is 22.9 Å². The van der Waals surface area contributed by atoms with E-state index >= 15 is 0 Å². The Morgan fingerprint density at radius 1 is 1.00 bits per heavy atom. The Bertz CT molecular complexity index is 1440. The molecule has 0 saturated heterocycles. The lowest BCUT2D eigenvalue weighted by Crippen LogP contribution is -2.37. The fourth-order valence-electron chi connectivity index (χ4n) is 4.49. The molecule has 5 rings (SSSR count). The van der Waals surface area contributed by atoms with Gasteiger partial charge in [-0.1, -0.05) is 60.1 Å². The van der Waals surface area contributed by atoms with Crippen LogP contribution in [0.1, 0.15) is 28.4 Å². The van der Waals surface area contributed by atoms with Crippen molar-refractivity contribution in [3.8, 4) is 0 Å². The summed E-state index contributed by atoms with van der Waals surface area (Å²) < 4.78 is 2.13. The zero-order valence-corrected chi connectivity index (χ0v) is 19.5. The summed E-state index contributed by atoms with van der Waals surface area (Å²) in [6.45, 7) is 3.43. The van der Waals surface area contributed by atoms with E-state index < -0.39 is 5.91 Å². The highest BCUT2D eigenvalue weighted by Crippen LogP contribution is 2.30. The molecule has 6 heteroatoms. The lowest BCUT2D eigenvalue weighted by Gasteiger charge is -2.20. The number of rotatable bonds is 5. The molecular formula is C28H24ClN3O2. The van der Waals surface area contributed by atoms with Crippen LogP contribution in [0.4, 0.5) is 5.69 Å². The van der Waals surface area contributed by atoms with Crippen LogP contribution in [0, 0.1) is 0 Å². The van der Waals surface area contributed by atoms with E-state index in [1.807, 2.05) is 48.7 Å². The highest BCUT2D eigenvalue weighted by molar-refractivity contribution is 6.34. The third-order valence-corrected chi connectivity index (χ3v) is 6.52. The highest BCUT2D eigenvalue weighted by Gasteiger charge is 2.28. The number of amides is 2. The third kappa shape index (κ3) is 3.99.